The molecule has 1 aromatic heterocycles. The number of pyridine rings is 1. The Morgan fingerprint density at radius 3 is 2.33 bits per heavy atom. The molecule has 0 saturated heterocycles. The van der Waals surface area contributed by atoms with E-state index in [1.165, 1.54) is 5.56 Å². The molecule has 2 aromatic rings. The lowest BCUT2D eigenvalue weighted by atomic mass is 9.85. The third-order valence-corrected chi connectivity index (χ3v) is 9.63. The second-order valence-corrected chi connectivity index (χ2v) is 13.6. The van der Waals surface area contributed by atoms with Crippen molar-refractivity contribution >= 4 is 5.97 Å². The Morgan fingerprint density at radius 2 is 1.63 bits per heavy atom. The lowest BCUT2D eigenvalue weighted by Crippen LogP contribution is -2.23. The molecule has 0 bridgehead atoms. The van der Waals surface area contributed by atoms with Crippen LogP contribution in [-0.4, -0.2) is 57.8 Å². The molecule has 1 aliphatic rings. The van der Waals surface area contributed by atoms with Gasteiger partial charge in [-0.3, -0.25) is 9.78 Å². The van der Waals surface area contributed by atoms with E-state index >= 15 is 0 Å². The number of esters is 1. The van der Waals surface area contributed by atoms with Crippen molar-refractivity contribution in [3.05, 3.63) is 71.1 Å². The zero-order valence-electron chi connectivity index (χ0n) is 30.5. The number of hydrogen-bond acceptors (Lipinski definition) is 8. The number of carbonyl (C=O) groups excluding carboxylic acids is 1. The molecule has 8 nitrogen and oxygen atoms in total. The SMILES string of the molecule is C#CCCCCOCc1cnc(C)c(OC(=O)CCC/C=C\C[C@@H]2[C@@H](CC[C@@H](O)CCc3ccccc3)[C@H](O)C[C@@H]2O)c1COCCCCC#C. The first-order valence-electron chi connectivity index (χ1n) is 18.8. The van der Waals surface area contributed by atoms with Crippen molar-refractivity contribution in [1.82, 2.24) is 4.98 Å². The van der Waals surface area contributed by atoms with Crippen LogP contribution in [0, 0.1) is 43.4 Å². The Balaban J connectivity index is 1.47. The van der Waals surface area contributed by atoms with Crippen LogP contribution in [0.2, 0.25) is 0 Å². The van der Waals surface area contributed by atoms with Gasteiger partial charge in [-0.25, -0.2) is 0 Å². The first-order valence-corrected chi connectivity index (χ1v) is 18.8. The van der Waals surface area contributed by atoms with Gasteiger partial charge in [-0.2, -0.15) is 0 Å². The highest BCUT2D eigenvalue weighted by Crippen LogP contribution is 2.38. The summed E-state index contributed by atoms with van der Waals surface area (Å²) in [6.07, 6.45) is 25.2. The maximum absolute atomic E-state index is 13.0. The van der Waals surface area contributed by atoms with Gasteiger partial charge in [0.1, 0.15) is 0 Å². The largest absolute Gasteiger partial charge is 0.424 e. The Hall–Kier alpha value is -3.50. The monoisotopic (exact) mass is 701 g/mol. The van der Waals surface area contributed by atoms with E-state index in [0.29, 0.717) is 82.6 Å². The lowest BCUT2D eigenvalue weighted by molar-refractivity contribution is -0.134. The minimum absolute atomic E-state index is 0.0569. The molecule has 0 amide bonds. The number of aromatic nitrogens is 1. The van der Waals surface area contributed by atoms with Gasteiger partial charge in [-0.15, -0.1) is 24.7 Å². The van der Waals surface area contributed by atoms with Crippen LogP contribution in [0.4, 0.5) is 0 Å². The van der Waals surface area contributed by atoms with Crippen LogP contribution >= 0.6 is 0 Å². The summed E-state index contributed by atoms with van der Waals surface area (Å²) in [6, 6.07) is 10.1. The predicted molar refractivity (Wildman–Crippen MR) is 201 cm³/mol. The number of aryl methyl sites for hydroxylation is 2. The second kappa shape index (κ2) is 24.6. The summed E-state index contributed by atoms with van der Waals surface area (Å²) in [7, 11) is 0. The highest BCUT2D eigenvalue weighted by molar-refractivity contribution is 5.73. The van der Waals surface area contributed by atoms with Gasteiger partial charge in [-0.1, -0.05) is 42.5 Å². The molecule has 1 aliphatic carbocycles. The molecule has 0 spiro atoms. The minimum Gasteiger partial charge on any atom is -0.424 e. The topological polar surface area (TPSA) is 118 Å². The normalized spacial score (nSPS) is 19.2. The fraction of sp³-hybridized carbons (Fsp3) is 0.581. The Labute approximate surface area is 306 Å². The van der Waals surface area contributed by atoms with Crippen LogP contribution in [0.25, 0.3) is 0 Å². The van der Waals surface area contributed by atoms with Crippen molar-refractivity contribution in [2.45, 2.75) is 135 Å². The maximum Gasteiger partial charge on any atom is 0.311 e. The number of benzene rings is 1. The molecule has 0 unspecified atom stereocenters. The van der Waals surface area contributed by atoms with Crippen LogP contribution in [0.15, 0.2) is 48.7 Å². The third kappa shape index (κ3) is 15.7. The molecular weight excluding hydrogens is 642 g/mol. The molecule has 1 heterocycles. The lowest BCUT2D eigenvalue weighted by Gasteiger charge is -2.23. The van der Waals surface area contributed by atoms with Gasteiger partial charge in [0.15, 0.2) is 5.75 Å². The van der Waals surface area contributed by atoms with Crippen LogP contribution in [-0.2, 0) is 33.9 Å². The van der Waals surface area contributed by atoms with Gasteiger partial charge in [0.2, 0.25) is 0 Å². The quantitative estimate of drug-likeness (QED) is 0.0431. The first kappa shape index (κ1) is 41.9. The zero-order valence-corrected chi connectivity index (χ0v) is 30.5. The van der Waals surface area contributed by atoms with Crippen molar-refractivity contribution < 1.29 is 34.3 Å². The van der Waals surface area contributed by atoms with Crippen molar-refractivity contribution in [3.63, 3.8) is 0 Å². The molecule has 8 heteroatoms. The van der Waals surface area contributed by atoms with E-state index in [1.807, 2.05) is 37.3 Å². The van der Waals surface area contributed by atoms with Crippen LogP contribution in [0.3, 0.4) is 0 Å². The second-order valence-electron chi connectivity index (χ2n) is 13.6. The number of carbonyl (C=O) groups is 1. The number of nitrogens with zero attached hydrogens (tertiary/aromatic N) is 1. The molecule has 1 fully saturated rings. The number of rotatable bonds is 25. The van der Waals surface area contributed by atoms with Crippen LogP contribution in [0.5, 0.6) is 5.75 Å². The van der Waals surface area contributed by atoms with Gasteiger partial charge in [0.25, 0.3) is 0 Å². The smallest absolute Gasteiger partial charge is 0.311 e. The number of hydrogen-bond donors (Lipinski definition) is 3. The fourth-order valence-electron chi connectivity index (χ4n) is 6.63. The van der Waals surface area contributed by atoms with E-state index in [2.05, 4.69) is 29.0 Å². The van der Waals surface area contributed by atoms with Crippen molar-refractivity contribution in [2.75, 3.05) is 13.2 Å². The average Bonchev–Trinajstić information content (AvgIpc) is 3.40. The Morgan fingerprint density at radius 1 is 0.941 bits per heavy atom. The predicted octanol–water partition coefficient (Wildman–Crippen LogP) is 7.18. The van der Waals surface area contributed by atoms with E-state index in [-0.39, 0.29) is 30.8 Å². The molecule has 51 heavy (non-hydrogen) atoms. The van der Waals surface area contributed by atoms with Gasteiger partial charge >= 0.3 is 5.97 Å². The highest BCUT2D eigenvalue weighted by Gasteiger charge is 2.40. The standard InChI is InChI=1S/C43H59NO7/c1-4-6-8-17-27-49-31-35-30-44-33(3)43(39(35)32-50-28-18-9-7-5-2)51-42(48)22-16-11-10-15-21-37-38(41(47)29-40(37)46)26-25-36(45)24-23-34-19-13-12-14-20-34/h1-2,10,12-15,19-20,30,36-38,40-41,45-47H,6-9,11,16-18,21-29,31-32H2,3H3/b15-10-/t36-,37+,38+,40-,41+/m0/s1. The summed E-state index contributed by atoms with van der Waals surface area (Å²) in [5, 5.41) is 31.9. The molecule has 1 saturated carbocycles. The fourth-order valence-corrected chi connectivity index (χ4v) is 6.63. The van der Waals surface area contributed by atoms with Crippen molar-refractivity contribution in [2.24, 2.45) is 11.8 Å². The van der Waals surface area contributed by atoms with E-state index in [4.69, 9.17) is 27.1 Å². The van der Waals surface area contributed by atoms with Gasteiger partial charge in [-0.05, 0) is 101 Å². The summed E-state index contributed by atoms with van der Waals surface area (Å²) in [6.45, 7) is 3.54. The number of ether oxygens (including phenoxy) is 3. The molecule has 0 radical (unpaired) electrons. The Kier molecular flexibility index (Phi) is 20.3. The average molecular weight is 702 g/mol. The molecule has 3 rings (SSSR count). The minimum atomic E-state index is -0.571. The van der Waals surface area contributed by atoms with Gasteiger partial charge < -0.3 is 29.5 Å². The molecule has 278 valence electrons. The molecular formula is C43H59NO7. The van der Waals surface area contributed by atoms with E-state index in [9.17, 15) is 20.1 Å². The van der Waals surface area contributed by atoms with Crippen molar-refractivity contribution in [3.8, 4) is 30.4 Å². The van der Waals surface area contributed by atoms with E-state index in [0.717, 1.165) is 49.7 Å². The molecule has 0 aliphatic heterocycles. The summed E-state index contributed by atoms with van der Waals surface area (Å²) >= 11 is 0. The van der Waals surface area contributed by atoms with E-state index in [1.54, 1.807) is 6.20 Å². The maximum atomic E-state index is 13.0. The number of aliphatic hydroxyl groups is 3. The highest BCUT2D eigenvalue weighted by atomic mass is 16.5. The number of aliphatic hydroxyl groups excluding tert-OH is 3. The van der Waals surface area contributed by atoms with Crippen LogP contribution < -0.4 is 4.74 Å². The molecule has 5 atom stereocenters. The van der Waals surface area contributed by atoms with Crippen molar-refractivity contribution in [1.29, 1.82) is 0 Å². The van der Waals surface area contributed by atoms with Crippen LogP contribution in [0.1, 0.15) is 112 Å². The number of allylic oxidation sites excluding steroid dienone is 2. The zero-order chi connectivity index (χ0) is 36.7. The van der Waals surface area contributed by atoms with E-state index < -0.39 is 18.3 Å². The Bertz CT molecular complexity index is 1400. The third-order valence-electron chi connectivity index (χ3n) is 9.63. The number of unbranched alkanes of at least 4 members (excludes halogenated alkanes) is 5. The molecule has 3 N–H and O–H groups in total. The van der Waals surface area contributed by atoms with Gasteiger partial charge in [0.05, 0.1) is 37.2 Å². The van der Waals surface area contributed by atoms with Gasteiger partial charge in [0, 0.05) is 49.8 Å². The summed E-state index contributed by atoms with van der Waals surface area (Å²) in [5.74, 6) is 5.26. The first-order chi connectivity index (χ1) is 24.8. The summed E-state index contributed by atoms with van der Waals surface area (Å²) in [5.41, 5.74) is 3.41. The molecule has 1 aromatic carbocycles. The number of terminal acetylenes is 2. The summed E-state index contributed by atoms with van der Waals surface area (Å²) < 4.78 is 17.8. The summed E-state index contributed by atoms with van der Waals surface area (Å²) in [4.78, 5) is 17.5.